The van der Waals surface area contributed by atoms with Gasteiger partial charge in [0.1, 0.15) is 5.75 Å². The van der Waals surface area contributed by atoms with Gasteiger partial charge in [-0.15, -0.1) is 0 Å². The van der Waals surface area contributed by atoms with Crippen LogP contribution in [0.4, 0.5) is 0 Å². The molecule has 4 aromatic rings. The summed E-state index contributed by atoms with van der Waals surface area (Å²) in [6, 6.07) is 23.7. The van der Waals surface area contributed by atoms with Gasteiger partial charge in [0, 0.05) is 30.6 Å². The molecule has 2 N–H and O–H groups in total. The lowest BCUT2D eigenvalue weighted by Gasteiger charge is -2.20. The molecule has 2 aromatic carbocycles. The lowest BCUT2D eigenvalue weighted by atomic mass is 9.87. The van der Waals surface area contributed by atoms with Gasteiger partial charge in [-0.1, -0.05) is 58.0 Å². The minimum atomic E-state index is 0.0838. The van der Waals surface area contributed by atoms with Crippen LogP contribution in [0.1, 0.15) is 50.3 Å². The number of para-hydroxylation sites is 1. The largest absolute Gasteiger partial charge is 0.493 e. The topological polar surface area (TPSA) is 79.5 Å². The highest BCUT2D eigenvalue weighted by molar-refractivity contribution is 5.46. The molecule has 0 spiro atoms. The summed E-state index contributed by atoms with van der Waals surface area (Å²) in [5.74, 6) is 2.82. The lowest BCUT2D eigenvalue weighted by molar-refractivity contribution is 0.354. The first-order valence-electron chi connectivity index (χ1n) is 12.6. The molecule has 6 heteroatoms. The molecule has 0 bridgehead atoms. The SMILES string of the molecule is CC.CC.CN.COc1ccc(C(Cc2ccncc2)c2ccc(Oc3ccccc3)nc2)cc1OC. The van der Waals surface area contributed by atoms with E-state index < -0.39 is 0 Å². The molecule has 0 aliphatic carbocycles. The second-order valence-corrected chi connectivity index (χ2v) is 7.07. The summed E-state index contributed by atoms with van der Waals surface area (Å²) in [5.41, 5.74) is 7.90. The van der Waals surface area contributed by atoms with Gasteiger partial charge in [0.05, 0.1) is 14.2 Å². The van der Waals surface area contributed by atoms with Crippen molar-refractivity contribution >= 4 is 0 Å². The Morgan fingerprint density at radius 3 is 1.92 bits per heavy atom. The van der Waals surface area contributed by atoms with Crippen molar-refractivity contribution in [2.75, 3.05) is 21.3 Å². The number of ether oxygens (including phenoxy) is 3. The summed E-state index contributed by atoms with van der Waals surface area (Å²) in [6.07, 6.45) is 6.31. The van der Waals surface area contributed by atoms with E-state index in [1.165, 1.54) is 12.6 Å². The van der Waals surface area contributed by atoms with Gasteiger partial charge in [-0.3, -0.25) is 4.98 Å². The highest BCUT2D eigenvalue weighted by atomic mass is 16.5. The Kier molecular flexibility index (Phi) is 15.5. The van der Waals surface area contributed by atoms with E-state index in [1.807, 2.05) is 107 Å². The van der Waals surface area contributed by atoms with Crippen molar-refractivity contribution in [3.8, 4) is 23.1 Å². The second kappa shape index (κ2) is 18.4. The van der Waals surface area contributed by atoms with Crippen molar-refractivity contribution in [1.29, 1.82) is 0 Å². The summed E-state index contributed by atoms with van der Waals surface area (Å²) in [4.78, 5) is 8.68. The van der Waals surface area contributed by atoms with E-state index in [2.05, 4.69) is 27.8 Å². The molecule has 0 fully saturated rings. The standard InChI is InChI=1S/C26H24N2O3.2C2H6.CH5N/c1-29-24-10-8-20(17-25(24)30-2)23(16-19-12-14-27-15-13-19)21-9-11-26(28-18-21)31-22-6-4-3-5-7-22;3*1-2/h3-15,17-18,23H,16H2,1-2H3;2*1-2H3;2H2,1H3. The highest BCUT2D eigenvalue weighted by Crippen LogP contribution is 2.35. The van der Waals surface area contributed by atoms with Crippen molar-refractivity contribution in [3.05, 3.63) is 108 Å². The smallest absolute Gasteiger partial charge is 0.219 e. The quantitative estimate of drug-likeness (QED) is 0.272. The van der Waals surface area contributed by atoms with Crippen LogP contribution in [0.2, 0.25) is 0 Å². The Morgan fingerprint density at radius 1 is 0.730 bits per heavy atom. The molecule has 1 unspecified atom stereocenters. The molecular weight excluding hydrogens is 462 g/mol. The third-order valence-corrected chi connectivity index (χ3v) is 5.13. The molecule has 1 atom stereocenters. The molecule has 2 heterocycles. The molecule has 0 saturated heterocycles. The Morgan fingerprint density at radius 2 is 1.35 bits per heavy atom. The minimum absolute atomic E-state index is 0.0838. The van der Waals surface area contributed by atoms with Crippen LogP contribution in [0.3, 0.4) is 0 Å². The summed E-state index contributed by atoms with van der Waals surface area (Å²) in [6.45, 7) is 8.00. The van der Waals surface area contributed by atoms with Gasteiger partial charge in [-0.2, -0.15) is 0 Å². The van der Waals surface area contributed by atoms with Crippen LogP contribution in [0.15, 0.2) is 91.4 Å². The van der Waals surface area contributed by atoms with Crippen LogP contribution in [0.5, 0.6) is 23.1 Å². The number of hydrogen-bond acceptors (Lipinski definition) is 6. The first-order valence-corrected chi connectivity index (χ1v) is 12.6. The maximum atomic E-state index is 5.85. The Hall–Kier alpha value is -3.90. The number of nitrogens with two attached hydrogens (primary N) is 1. The minimum Gasteiger partial charge on any atom is -0.493 e. The number of hydrogen-bond donors (Lipinski definition) is 1. The molecule has 6 nitrogen and oxygen atoms in total. The lowest BCUT2D eigenvalue weighted by Crippen LogP contribution is -2.07. The van der Waals surface area contributed by atoms with Crippen molar-refractivity contribution < 1.29 is 14.2 Å². The summed E-state index contributed by atoms with van der Waals surface area (Å²) >= 11 is 0. The summed E-state index contributed by atoms with van der Waals surface area (Å²) < 4.78 is 16.8. The maximum absolute atomic E-state index is 5.85. The van der Waals surface area contributed by atoms with Crippen molar-refractivity contribution in [1.82, 2.24) is 9.97 Å². The van der Waals surface area contributed by atoms with E-state index in [4.69, 9.17) is 14.2 Å². The fourth-order valence-corrected chi connectivity index (χ4v) is 3.52. The number of benzene rings is 2. The first kappa shape index (κ1) is 31.1. The molecule has 0 aliphatic heterocycles. The fourth-order valence-electron chi connectivity index (χ4n) is 3.52. The fraction of sp³-hybridized carbons (Fsp3) is 0.290. The predicted molar refractivity (Wildman–Crippen MR) is 153 cm³/mol. The van der Waals surface area contributed by atoms with Crippen molar-refractivity contribution in [2.24, 2.45) is 5.73 Å². The monoisotopic (exact) mass is 503 g/mol. The number of methoxy groups -OCH3 is 2. The van der Waals surface area contributed by atoms with Crippen LogP contribution < -0.4 is 19.9 Å². The Labute approximate surface area is 222 Å². The van der Waals surface area contributed by atoms with Crippen LogP contribution >= 0.6 is 0 Å². The van der Waals surface area contributed by atoms with Gasteiger partial charge >= 0.3 is 0 Å². The van der Waals surface area contributed by atoms with Crippen LogP contribution in [0, 0.1) is 0 Å². The van der Waals surface area contributed by atoms with Gasteiger partial charge < -0.3 is 19.9 Å². The van der Waals surface area contributed by atoms with E-state index >= 15 is 0 Å². The van der Waals surface area contributed by atoms with E-state index in [0.717, 1.165) is 23.3 Å². The van der Waals surface area contributed by atoms with Crippen molar-refractivity contribution in [2.45, 2.75) is 40.0 Å². The summed E-state index contributed by atoms with van der Waals surface area (Å²) in [5, 5.41) is 0. The molecule has 0 radical (unpaired) electrons. The third-order valence-electron chi connectivity index (χ3n) is 5.13. The van der Waals surface area contributed by atoms with Gasteiger partial charge in [0.25, 0.3) is 0 Å². The summed E-state index contributed by atoms with van der Waals surface area (Å²) in [7, 11) is 4.79. The Balaban J connectivity index is 0.00000106. The van der Waals surface area contributed by atoms with Gasteiger partial charge in [0.15, 0.2) is 11.5 Å². The van der Waals surface area contributed by atoms with E-state index in [9.17, 15) is 0 Å². The molecule has 0 saturated carbocycles. The molecule has 37 heavy (non-hydrogen) atoms. The first-order chi connectivity index (χ1) is 18.3. The van der Waals surface area contributed by atoms with Crippen LogP contribution in [-0.4, -0.2) is 31.2 Å². The van der Waals surface area contributed by atoms with Crippen LogP contribution in [-0.2, 0) is 6.42 Å². The molecule has 0 aliphatic rings. The molecule has 198 valence electrons. The third kappa shape index (κ3) is 9.58. The van der Waals surface area contributed by atoms with Gasteiger partial charge in [0.2, 0.25) is 5.88 Å². The highest BCUT2D eigenvalue weighted by Gasteiger charge is 2.18. The van der Waals surface area contributed by atoms with Gasteiger partial charge in [-0.05, 0) is 66.6 Å². The molecular formula is C31H41N3O3. The molecule has 4 rings (SSSR count). The normalized spacial score (nSPS) is 10.2. The van der Waals surface area contributed by atoms with Crippen molar-refractivity contribution in [3.63, 3.8) is 0 Å². The molecule has 2 aromatic heterocycles. The number of pyridine rings is 2. The van der Waals surface area contributed by atoms with E-state index in [1.54, 1.807) is 14.2 Å². The van der Waals surface area contributed by atoms with Gasteiger partial charge in [-0.25, -0.2) is 4.98 Å². The molecule has 0 amide bonds. The maximum Gasteiger partial charge on any atom is 0.219 e. The second-order valence-electron chi connectivity index (χ2n) is 7.07. The zero-order chi connectivity index (χ0) is 27.5. The van der Waals surface area contributed by atoms with Crippen LogP contribution in [0.25, 0.3) is 0 Å². The van der Waals surface area contributed by atoms with E-state index in [0.29, 0.717) is 17.4 Å². The number of aromatic nitrogens is 2. The average Bonchev–Trinajstić information content (AvgIpc) is 3.00. The predicted octanol–water partition coefficient (Wildman–Crippen LogP) is 7.29. The average molecular weight is 504 g/mol. The number of rotatable bonds is 8. The zero-order valence-electron chi connectivity index (χ0n) is 23.1. The van der Waals surface area contributed by atoms with E-state index in [-0.39, 0.29) is 5.92 Å². The number of nitrogens with zero attached hydrogens (tertiary/aromatic N) is 2. The Bertz CT molecular complexity index is 1110. The zero-order valence-corrected chi connectivity index (χ0v) is 23.1.